The molecule has 1 fully saturated rings. The standard InChI is InChI=1S/C20H26N6O3/c1-28-15-7-5-13(6-8-15)17-18-19(25-20(24-17)22-11-14(27)10-21)26(12-23-18)16-4-2-3-9-29-16/h5-8,12,14,16,27H,2-4,9-11,21H2,1H3,(H,22,24,25). The molecule has 3 aromatic rings. The second-order valence-corrected chi connectivity index (χ2v) is 7.04. The van der Waals surface area contributed by atoms with Crippen molar-refractivity contribution in [3.05, 3.63) is 30.6 Å². The molecule has 0 amide bonds. The molecule has 0 spiro atoms. The van der Waals surface area contributed by atoms with Crippen LogP contribution in [-0.2, 0) is 4.74 Å². The molecule has 2 atom stereocenters. The van der Waals surface area contributed by atoms with Gasteiger partial charge < -0.3 is 25.6 Å². The van der Waals surface area contributed by atoms with Crippen LogP contribution in [0.5, 0.6) is 5.75 Å². The molecular weight excluding hydrogens is 372 g/mol. The van der Waals surface area contributed by atoms with E-state index in [9.17, 15) is 5.11 Å². The minimum Gasteiger partial charge on any atom is -0.497 e. The van der Waals surface area contributed by atoms with Crippen molar-refractivity contribution in [2.24, 2.45) is 5.73 Å². The summed E-state index contributed by atoms with van der Waals surface area (Å²) in [5.74, 6) is 1.18. The SMILES string of the molecule is COc1ccc(-c2nc(NCC(O)CN)nc3c2ncn3C2CCCCO2)cc1. The fourth-order valence-electron chi connectivity index (χ4n) is 3.39. The van der Waals surface area contributed by atoms with Crippen LogP contribution in [-0.4, -0.2) is 57.5 Å². The molecule has 2 unspecified atom stereocenters. The van der Waals surface area contributed by atoms with E-state index in [0.29, 0.717) is 22.8 Å². The summed E-state index contributed by atoms with van der Waals surface area (Å²) in [5, 5.41) is 12.9. The lowest BCUT2D eigenvalue weighted by atomic mass is 10.1. The van der Waals surface area contributed by atoms with Crippen molar-refractivity contribution in [3.8, 4) is 17.0 Å². The highest BCUT2D eigenvalue weighted by Gasteiger charge is 2.22. The molecule has 9 heteroatoms. The van der Waals surface area contributed by atoms with Crippen LogP contribution in [0.1, 0.15) is 25.5 Å². The van der Waals surface area contributed by atoms with Gasteiger partial charge in [0.25, 0.3) is 0 Å². The van der Waals surface area contributed by atoms with Crippen LogP contribution in [0.4, 0.5) is 5.95 Å². The van der Waals surface area contributed by atoms with Crippen LogP contribution < -0.4 is 15.8 Å². The summed E-state index contributed by atoms with van der Waals surface area (Å²) in [4.78, 5) is 13.9. The number of nitrogens with two attached hydrogens (primary N) is 1. The van der Waals surface area contributed by atoms with Crippen molar-refractivity contribution >= 4 is 17.1 Å². The Labute approximate surface area is 168 Å². The molecule has 1 aliphatic heterocycles. The monoisotopic (exact) mass is 398 g/mol. The van der Waals surface area contributed by atoms with Crippen molar-refractivity contribution in [1.82, 2.24) is 19.5 Å². The van der Waals surface area contributed by atoms with Gasteiger partial charge in [-0.2, -0.15) is 4.98 Å². The maximum atomic E-state index is 9.80. The first-order chi connectivity index (χ1) is 14.2. The molecule has 0 aliphatic carbocycles. The van der Waals surface area contributed by atoms with Gasteiger partial charge >= 0.3 is 0 Å². The Morgan fingerprint density at radius 1 is 1.31 bits per heavy atom. The normalized spacial score (nSPS) is 18.0. The minimum absolute atomic E-state index is 0.0881. The first-order valence-corrected chi connectivity index (χ1v) is 9.82. The Balaban J connectivity index is 1.77. The van der Waals surface area contributed by atoms with Crippen molar-refractivity contribution in [3.63, 3.8) is 0 Å². The lowest BCUT2D eigenvalue weighted by molar-refractivity contribution is -0.0298. The third-order valence-corrected chi connectivity index (χ3v) is 5.02. The first kappa shape index (κ1) is 19.6. The largest absolute Gasteiger partial charge is 0.497 e. The Kier molecular flexibility index (Phi) is 5.89. The van der Waals surface area contributed by atoms with Gasteiger partial charge in [-0.15, -0.1) is 0 Å². The topological polar surface area (TPSA) is 120 Å². The maximum absolute atomic E-state index is 9.80. The molecule has 0 radical (unpaired) electrons. The molecule has 154 valence electrons. The molecule has 0 saturated carbocycles. The maximum Gasteiger partial charge on any atom is 0.225 e. The van der Waals surface area contributed by atoms with Gasteiger partial charge in [-0.25, -0.2) is 9.97 Å². The Morgan fingerprint density at radius 3 is 2.83 bits per heavy atom. The Hall–Kier alpha value is -2.75. The van der Waals surface area contributed by atoms with Crippen LogP contribution in [0, 0.1) is 0 Å². The highest BCUT2D eigenvalue weighted by molar-refractivity contribution is 5.88. The van der Waals surface area contributed by atoms with Crippen LogP contribution in [0.2, 0.25) is 0 Å². The third kappa shape index (κ3) is 4.16. The van der Waals surface area contributed by atoms with Crippen molar-refractivity contribution in [1.29, 1.82) is 0 Å². The second kappa shape index (κ2) is 8.73. The number of fused-ring (bicyclic) bond motifs is 1. The van der Waals surface area contributed by atoms with Gasteiger partial charge in [0.1, 0.15) is 23.2 Å². The van der Waals surface area contributed by atoms with E-state index >= 15 is 0 Å². The lowest BCUT2D eigenvalue weighted by Gasteiger charge is -2.24. The van der Waals surface area contributed by atoms with Crippen LogP contribution in [0.15, 0.2) is 30.6 Å². The predicted octanol–water partition coefficient (Wildman–Crippen LogP) is 1.93. The first-order valence-electron chi connectivity index (χ1n) is 9.82. The van der Waals surface area contributed by atoms with Gasteiger partial charge in [0.05, 0.1) is 19.5 Å². The third-order valence-electron chi connectivity index (χ3n) is 5.02. The number of rotatable bonds is 7. The average Bonchev–Trinajstić information content (AvgIpc) is 3.21. The number of methoxy groups -OCH3 is 1. The molecule has 1 aliphatic rings. The van der Waals surface area contributed by atoms with E-state index in [4.69, 9.17) is 15.2 Å². The quantitative estimate of drug-likeness (QED) is 0.552. The number of aliphatic hydroxyl groups excluding tert-OH is 1. The zero-order chi connectivity index (χ0) is 20.2. The molecule has 4 rings (SSSR count). The minimum atomic E-state index is -0.676. The number of nitrogens with one attached hydrogen (secondary N) is 1. The lowest BCUT2D eigenvalue weighted by Crippen LogP contribution is -2.28. The van der Waals surface area contributed by atoms with Crippen molar-refractivity contribution in [2.45, 2.75) is 31.6 Å². The molecular formula is C20H26N6O3. The average molecular weight is 398 g/mol. The van der Waals surface area contributed by atoms with Gasteiger partial charge in [-0.3, -0.25) is 4.57 Å². The van der Waals surface area contributed by atoms with E-state index in [0.717, 1.165) is 37.2 Å². The van der Waals surface area contributed by atoms with Crippen LogP contribution in [0.3, 0.4) is 0 Å². The summed E-state index contributed by atoms with van der Waals surface area (Å²) in [7, 11) is 1.63. The van der Waals surface area contributed by atoms with E-state index in [1.807, 2.05) is 28.8 Å². The van der Waals surface area contributed by atoms with Crippen molar-refractivity contribution < 1.29 is 14.6 Å². The van der Waals surface area contributed by atoms with E-state index in [1.54, 1.807) is 13.4 Å². The van der Waals surface area contributed by atoms with Gasteiger partial charge in [0, 0.05) is 25.3 Å². The molecule has 0 bridgehead atoms. The number of benzene rings is 1. The van der Waals surface area contributed by atoms with Gasteiger partial charge in [0.15, 0.2) is 5.65 Å². The highest BCUT2D eigenvalue weighted by Crippen LogP contribution is 2.31. The summed E-state index contributed by atoms with van der Waals surface area (Å²) >= 11 is 0. The Morgan fingerprint density at radius 2 is 2.14 bits per heavy atom. The summed E-state index contributed by atoms with van der Waals surface area (Å²) < 4.78 is 13.2. The number of aromatic nitrogens is 4. The zero-order valence-corrected chi connectivity index (χ0v) is 16.4. The number of hydrogen-bond acceptors (Lipinski definition) is 8. The van der Waals surface area contributed by atoms with Gasteiger partial charge in [0.2, 0.25) is 5.95 Å². The van der Waals surface area contributed by atoms with E-state index in [1.165, 1.54) is 0 Å². The summed E-state index contributed by atoms with van der Waals surface area (Å²) in [6.07, 6.45) is 4.09. The number of aliphatic hydroxyl groups is 1. The number of imidazole rings is 1. The van der Waals surface area contributed by atoms with E-state index < -0.39 is 6.10 Å². The van der Waals surface area contributed by atoms with Gasteiger partial charge in [-0.05, 0) is 43.5 Å². The summed E-state index contributed by atoms with van der Waals surface area (Å²) in [6, 6.07) is 7.65. The second-order valence-electron chi connectivity index (χ2n) is 7.04. The molecule has 29 heavy (non-hydrogen) atoms. The van der Waals surface area contributed by atoms with Crippen LogP contribution in [0.25, 0.3) is 22.4 Å². The number of ether oxygens (including phenoxy) is 2. The number of hydrogen-bond donors (Lipinski definition) is 3. The smallest absolute Gasteiger partial charge is 0.225 e. The Bertz CT molecular complexity index is 953. The van der Waals surface area contributed by atoms with Crippen molar-refractivity contribution in [2.75, 3.05) is 32.1 Å². The molecule has 4 N–H and O–H groups in total. The summed E-state index contributed by atoms with van der Waals surface area (Å²) in [6.45, 7) is 1.15. The molecule has 9 nitrogen and oxygen atoms in total. The van der Waals surface area contributed by atoms with Gasteiger partial charge in [-0.1, -0.05) is 0 Å². The number of anilines is 1. The van der Waals surface area contributed by atoms with E-state index in [-0.39, 0.29) is 19.3 Å². The highest BCUT2D eigenvalue weighted by atomic mass is 16.5. The fraction of sp³-hybridized carbons (Fsp3) is 0.450. The molecule has 3 heterocycles. The zero-order valence-electron chi connectivity index (χ0n) is 16.4. The fourth-order valence-corrected chi connectivity index (χ4v) is 3.39. The number of nitrogens with zero attached hydrogens (tertiary/aromatic N) is 4. The molecule has 1 saturated heterocycles. The van der Waals surface area contributed by atoms with Crippen LogP contribution >= 0.6 is 0 Å². The predicted molar refractivity (Wildman–Crippen MR) is 110 cm³/mol. The molecule has 1 aromatic carbocycles. The summed E-state index contributed by atoms with van der Waals surface area (Å²) in [5.41, 5.74) is 8.51. The molecule has 2 aromatic heterocycles. The van der Waals surface area contributed by atoms with E-state index in [2.05, 4.69) is 20.3 Å².